The van der Waals surface area contributed by atoms with Crippen LogP contribution in [0.15, 0.2) is 35.9 Å². The molecule has 2 heterocycles. The first-order valence-corrected chi connectivity index (χ1v) is 13.1. The third-order valence-electron chi connectivity index (χ3n) is 7.47. The summed E-state index contributed by atoms with van der Waals surface area (Å²) in [5, 5.41) is 2.69. The predicted octanol–water partition coefficient (Wildman–Crippen LogP) is 5.20. The number of carbonyl (C=O) groups is 2. The second-order valence-electron chi connectivity index (χ2n) is 11.9. The summed E-state index contributed by atoms with van der Waals surface area (Å²) in [6, 6.07) is 7.08. The Balaban J connectivity index is 1.36. The molecule has 2 saturated heterocycles. The van der Waals surface area contributed by atoms with E-state index in [9.17, 15) is 9.59 Å². The second-order valence-corrected chi connectivity index (χ2v) is 11.9. The van der Waals surface area contributed by atoms with Crippen LogP contribution in [0.3, 0.4) is 0 Å². The van der Waals surface area contributed by atoms with Crippen LogP contribution in [0.2, 0.25) is 0 Å². The molecule has 1 spiro atoms. The van der Waals surface area contributed by atoms with E-state index in [2.05, 4.69) is 32.2 Å². The van der Waals surface area contributed by atoms with Gasteiger partial charge in [-0.1, -0.05) is 23.8 Å². The Kier molecular flexibility index (Phi) is 7.75. The number of benzene rings is 1. The van der Waals surface area contributed by atoms with Gasteiger partial charge in [0.05, 0.1) is 25.0 Å². The molecule has 0 radical (unpaired) electrons. The summed E-state index contributed by atoms with van der Waals surface area (Å²) in [5.41, 5.74) is 1.45. The van der Waals surface area contributed by atoms with E-state index < -0.39 is 11.7 Å². The van der Waals surface area contributed by atoms with Gasteiger partial charge in [-0.15, -0.1) is 0 Å². The van der Waals surface area contributed by atoms with Crippen molar-refractivity contribution in [3.8, 4) is 0 Å². The lowest BCUT2D eigenvalue weighted by atomic mass is 9.68. The molecule has 0 bridgehead atoms. The summed E-state index contributed by atoms with van der Waals surface area (Å²) >= 11 is 0. The number of amides is 1. The molecule has 204 valence electrons. The molecule has 1 unspecified atom stereocenters. The molecule has 8 heteroatoms. The number of esters is 1. The maximum atomic E-state index is 12.9. The molecule has 1 saturated carbocycles. The van der Waals surface area contributed by atoms with Crippen molar-refractivity contribution < 1.29 is 33.3 Å². The van der Waals surface area contributed by atoms with Gasteiger partial charge < -0.3 is 23.7 Å². The highest BCUT2D eigenvalue weighted by Crippen LogP contribution is 2.59. The number of anilines is 1. The van der Waals surface area contributed by atoms with Crippen LogP contribution in [0, 0.1) is 5.92 Å². The van der Waals surface area contributed by atoms with Crippen LogP contribution in [-0.2, 0) is 34.9 Å². The van der Waals surface area contributed by atoms with E-state index in [0.717, 1.165) is 18.4 Å². The van der Waals surface area contributed by atoms with E-state index in [0.29, 0.717) is 18.7 Å². The maximum absolute atomic E-state index is 12.9. The first kappa shape index (κ1) is 27.6. The number of nitrogens with one attached hydrogen (secondary N) is 1. The van der Waals surface area contributed by atoms with Crippen LogP contribution in [0.1, 0.15) is 66.4 Å². The van der Waals surface area contributed by atoms with Gasteiger partial charge in [0, 0.05) is 12.8 Å². The third-order valence-corrected chi connectivity index (χ3v) is 7.47. The molecule has 4 rings (SSSR count). The maximum Gasteiger partial charge on any atom is 0.412 e. The molecule has 1 aromatic carbocycles. The number of methoxy groups -OCH3 is 1. The van der Waals surface area contributed by atoms with Crippen LogP contribution in [0.4, 0.5) is 10.5 Å². The van der Waals surface area contributed by atoms with Gasteiger partial charge in [0.1, 0.15) is 29.0 Å². The smallest absolute Gasteiger partial charge is 0.412 e. The molecule has 8 nitrogen and oxygen atoms in total. The monoisotopic (exact) mass is 515 g/mol. The van der Waals surface area contributed by atoms with Gasteiger partial charge in [-0.3, -0.25) is 10.1 Å². The highest BCUT2D eigenvalue weighted by Gasteiger charge is 2.72. The van der Waals surface area contributed by atoms with Crippen molar-refractivity contribution in [1.82, 2.24) is 0 Å². The van der Waals surface area contributed by atoms with Crippen LogP contribution >= 0.6 is 0 Å². The zero-order valence-corrected chi connectivity index (χ0v) is 23.1. The summed E-state index contributed by atoms with van der Waals surface area (Å²) in [4.78, 5) is 24.9. The van der Waals surface area contributed by atoms with Crippen molar-refractivity contribution in [3.05, 3.63) is 41.5 Å². The zero-order chi connectivity index (χ0) is 27.0. The number of ether oxygens (including phenoxy) is 5. The van der Waals surface area contributed by atoms with E-state index in [1.165, 1.54) is 5.57 Å². The highest BCUT2D eigenvalue weighted by atomic mass is 16.6. The lowest BCUT2D eigenvalue weighted by Gasteiger charge is -2.42. The molecule has 1 aromatic rings. The van der Waals surface area contributed by atoms with Crippen molar-refractivity contribution in [1.29, 1.82) is 0 Å². The fourth-order valence-corrected chi connectivity index (χ4v) is 5.57. The Morgan fingerprint density at radius 1 is 1.19 bits per heavy atom. The van der Waals surface area contributed by atoms with Gasteiger partial charge in [-0.05, 0) is 78.5 Å². The second kappa shape index (κ2) is 10.4. The first-order chi connectivity index (χ1) is 17.3. The molecule has 6 atom stereocenters. The quantitative estimate of drug-likeness (QED) is 0.289. The van der Waals surface area contributed by atoms with Crippen LogP contribution in [0.5, 0.6) is 0 Å². The Bertz CT molecular complexity index is 1020. The standard InChI is InChI=1S/C29H41NO7/c1-18(2)8-13-22-28(6,36-22)25-24(33-7)21(14-15-29(25)17-34-29)35-23(31)16-19-9-11-20(12-10-19)30-26(32)37-27(3,4)5/h8-12,21-22,24-25H,13-17H2,1-7H3,(H,30,32)/t21-,22?,24-,25-,28+,29+/m1/s1. The van der Waals surface area contributed by atoms with Crippen LogP contribution in [0.25, 0.3) is 0 Å². The van der Waals surface area contributed by atoms with Gasteiger partial charge in [0.2, 0.25) is 0 Å². The van der Waals surface area contributed by atoms with E-state index in [-0.39, 0.29) is 47.8 Å². The van der Waals surface area contributed by atoms with Crippen molar-refractivity contribution in [2.75, 3.05) is 19.0 Å². The minimum absolute atomic E-state index is 0.00896. The number of epoxide rings is 2. The van der Waals surface area contributed by atoms with Crippen molar-refractivity contribution in [3.63, 3.8) is 0 Å². The van der Waals surface area contributed by atoms with Gasteiger partial charge >= 0.3 is 12.1 Å². The Morgan fingerprint density at radius 3 is 2.43 bits per heavy atom. The largest absolute Gasteiger partial charge is 0.459 e. The SMILES string of the molecule is CO[C@@H]1[C@H](OC(=O)Cc2ccc(NC(=O)OC(C)(C)C)cc2)CC[C@]2(CO2)[C@H]1[C@@]1(C)OC1CC=C(C)C. The normalized spacial score (nSPS) is 32.4. The van der Waals surface area contributed by atoms with Gasteiger partial charge in [0.15, 0.2) is 0 Å². The fraction of sp³-hybridized carbons (Fsp3) is 0.655. The number of rotatable bonds is 8. The Morgan fingerprint density at radius 2 is 1.86 bits per heavy atom. The number of allylic oxidation sites excluding steroid dienone is 1. The van der Waals surface area contributed by atoms with Gasteiger partial charge in [-0.25, -0.2) is 4.79 Å². The number of hydrogen-bond acceptors (Lipinski definition) is 7. The molecular weight excluding hydrogens is 474 g/mol. The fourth-order valence-electron chi connectivity index (χ4n) is 5.57. The van der Waals surface area contributed by atoms with E-state index in [1.807, 2.05) is 20.8 Å². The molecule has 2 aliphatic heterocycles. The highest BCUT2D eigenvalue weighted by molar-refractivity contribution is 5.85. The van der Waals surface area contributed by atoms with Crippen LogP contribution < -0.4 is 5.32 Å². The molecule has 1 amide bonds. The van der Waals surface area contributed by atoms with Crippen LogP contribution in [-0.4, -0.2) is 60.9 Å². The minimum atomic E-state index is -0.577. The summed E-state index contributed by atoms with van der Waals surface area (Å²) in [5.74, 6) is -0.320. The van der Waals surface area contributed by atoms with Crippen molar-refractivity contribution in [2.24, 2.45) is 5.92 Å². The first-order valence-electron chi connectivity index (χ1n) is 13.1. The lowest BCUT2D eigenvalue weighted by Crippen LogP contribution is -2.55. The Hall–Kier alpha value is -2.42. The van der Waals surface area contributed by atoms with Crippen molar-refractivity contribution in [2.45, 2.75) is 102 Å². The third kappa shape index (κ3) is 6.54. The average Bonchev–Trinajstić information content (AvgIpc) is 3.71. The zero-order valence-electron chi connectivity index (χ0n) is 23.1. The van der Waals surface area contributed by atoms with Gasteiger partial charge in [-0.2, -0.15) is 0 Å². The van der Waals surface area contributed by atoms with Gasteiger partial charge in [0.25, 0.3) is 0 Å². The summed E-state index contributed by atoms with van der Waals surface area (Å²) < 4.78 is 29.4. The summed E-state index contributed by atoms with van der Waals surface area (Å²) in [7, 11) is 1.67. The van der Waals surface area contributed by atoms with E-state index in [4.69, 9.17) is 23.7 Å². The lowest BCUT2D eigenvalue weighted by molar-refractivity contribution is -0.171. The molecule has 0 aromatic heterocycles. The molecule has 1 N–H and O–H groups in total. The number of hydrogen-bond donors (Lipinski definition) is 1. The molecule has 1 aliphatic carbocycles. The van der Waals surface area contributed by atoms with E-state index in [1.54, 1.807) is 31.4 Å². The molecular formula is C29H41NO7. The topological polar surface area (TPSA) is 98.9 Å². The number of carbonyl (C=O) groups excluding carboxylic acids is 2. The molecule has 37 heavy (non-hydrogen) atoms. The minimum Gasteiger partial charge on any atom is -0.459 e. The Labute approximate surface area is 220 Å². The van der Waals surface area contributed by atoms with Crippen molar-refractivity contribution >= 4 is 17.7 Å². The molecule has 3 aliphatic rings. The summed E-state index contributed by atoms with van der Waals surface area (Å²) in [6.07, 6.45) is 3.60. The molecule has 3 fully saturated rings. The summed E-state index contributed by atoms with van der Waals surface area (Å²) in [6.45, 7) is 12.4. The van der Waals surface area contributed by atoms with E-state index >= 15 is 0 Å². The average molecular weight is 516 g/mol. The predicted molar refractivity (Wildman–Crippen MR) is 139 cm³/mol.